The fraction of sp³-hybridized carbons (Fsp3) is 0.632. The standard InChI is InChI=1S/C19H28F3N3O2.HI/c1-3-23-18(25-15-8-6-14(7-9-15)19(20,21)22)24-12-17(26)13-4-10-16(27-2)11-5-13;/h4-5,10-11,14-15,17,26H,3,6-9,12H2,1-2H3,(H2,23,24,25);1H. The summed E-state index contributed by atoms with van der Waals surface area (Å²) >= 11 is 0. The number of guanidine groups is 1. The van der Waals surface area contributed by atoms with Gasteiger partial charge in [0.25, 0.3) is 0 Å². The zero-order chi connectivity index (χ0) is 19.9. The first-order chi connectivity index (χ1) is 12.8. The molecule has 1 aliphatic carbocycles. The Kier molecular flexibility index (Phi) is 10.4. The van der Waals surface area contributed by atoms with Crippen molar-refractivity contribution in [2.24, 2.45) is 10.9 Å². The molecule has 1 fully saturated rings. The van der Waals surface area contributed by atoms with Crippen LogP contribution in [0.15, 0.2) is 29.3 Å². The number of nitrogens with one attached hydrogen (secondary N) is 2. The number of nitrogens with zero attached hydrogens (tertiary/aromatic N) is 1. The summed E-state index contributed by atoms with van der Waals surface area (Å²) in [6, 6.07) is 7.05. The lowest BCUT2D eigenvalue weighted by atomic mass is 9.85. The molecule has 1 aromatic rings. The molecule has 3 N–H and O–H groups in total. The molecular formula is C19H29F3IN3O2. The van der Waals surface area contributed by atoms with Gasteiger partial charge in [-0.2, -0.15) is 13.2 Å². The third-order valence-electron chi connectivity index (χ3n) is 4.80. The topological polar surface area (TPSA) is 65.9 Å². The normalized spacial score (nSPS) is 21.4. The van der Waals surface area contributed by atoms with Crippen LogP contribution in [0.25, 0.3) is 0 Å². The van der Waals surface area contributed by atoms with Gasteiger partial charge in [0.15, 0.2) is 5.96 Å². The molecule has 1 atom stereocenters. The number of aliphatic hydroxyl groups is 1. The predicted molar refractivity (Wildman–Crippen MR) is 114 cm³/mol. The van der Waals surface area contributed by atoms with E-state index in [0.29, 0.717) is 31.1 Å². The fourth-order valence-electron chi connectivity index (χ4n) is 3.19. The maximum Gasteiger partial charge on any atom is 0.391 e. The first-order valence-corrected chi connectivity index (χ1v) is 9.27. The van der Waals surface area contributed by atoms with E-state index in [-0.39, 0.29) is 49.4 Å². The number of benzene rings is 1. The van der Waals surface area contributed by atoms with Crippen LogP contribution < -0.4 is 15.4 Å². The fourth-order valence-corrected chi connectivity index (χ4v) is 3.19. The van der Waals surface area contributed by atoms with Gasteiger partial charge in [-0.25, -0.2) is 0 Å². The molecule has 0 aliphatic heterocycles. The Labute approximate surface area is 181 Å². The quantitative estimate of drug-likeness (QED) is 0.304. The SMILES string of the molecule is CCNC(=NCC(O)c1ccc(OC)cc1)NC1CCC(C(F)(F)F)CC1.I. The minimum atomic E-state index is -4.11. The summed E-state index contributed by atoms with van der Waals surface area (Å²) in [6.45, 7) is 2.69. The molecule has 28 heavy (non-hydrogen) atoms. The average Bonchev–Trinajstić information content (AvgIpc) is 2.66. The summed E-state index contributed by atoms with van der Waals surface area (Å²) in [6.07, 6.45) is -3.70. The highest BCUT2D eigenvalue weighted by atomic mass is 127. The van der Waals surface area contributed by atoms with E-state index in [1.807, 2.05) is 6.92 Å². The first kappa shape index (κ1) is 24.8. The second-order valence-electron chi connectivity index (χ2n) is 6.74. The molecule has 1 aromatic carbocycles. The molecule has 0 heterocycles. The minimum absolute atomic E-state index is 0. The van der Waals surface area contributed by atoms with Gasteiger partial charge >= 0.3 is 6.18 Å². The van der Waals surface area contributed by atoms with Crippen molar-refractivity contribution in [1.29, 1.82) is 0 Å². The lowest BCUT2D eigenvalue weighted by Gasteiger charge is -2.31. The summed E-state index contributed by atoms with van der Waals surface area (Å²) < 4.78 is 43.4. The maximum absolute atomic E-state index is 12.8. The summed E-state index contributed by atoms with van der Waals surface area (Å²) in [7, 11) is 1.58. The van der Waals surface area contributed by atoms with Gasteiger partial charge in [0.2, 0.25) is 0 Å². The van der Waals surface area contributed by atoms with E-state index in [1.165, 1.54) is 0 Å². The molecule has 0 amide bonds. The van der Waals surface area contributed by atoms with E-state index in [2.05, 4.69) is 15.6 Å². The van der Waals surface area contributed by atoms with Gasteiger partial charge in [0, 0.05) is 12.6 Å². The Hall–Kier alpha value is -1.23. The van der Waals surface area contributed by atoms with Crippen molar-refractivity contribution in [2.45, 2.75) is 50.9 Å². The van der Waals surface area contributed by atoms with Crippen LogP contribution in [0.5, 0.6) is 5.75 Å². The van der Waals surface area contributed by atoms with Crippen LogP contribution in [0.1, 0.15) is 44.3 Å². The van der Waals surface area contributed by atoms with Crippen LogP contribution in [0, 0.1) is 5.92 Å². The zero-order valence-corrected chi connectivity index (χ0v) is 18.5. The second kappa shape index (κ2) is 11.7. The van der Waals surface area contributed by atoms with Crippen molar-refractivity contribution in [3.63, 3.8) is 0 Å². The molecule has 1 unspecified atom stereocenters. The molecule has 0 bridgehead atoms. The van der Waals surface area contributed by atoms with Gasteiger partial charge in [-0.05, 0) is 50.3 Å². The Morgan fingerprint density at radius 1 is 1.21 bits per heavy atom. The Balaban J connectivity index is 0.00000392. The number of halogens is 4. The van der Waals surface area contributed by atoms with Crippen molar-refractivity contribution in [3.05, 3.63) is 29.8 Å². The van der Waals surface area contributed by atoms with Crippen LogP contribution in [-0.2, 0) is 0 Å². The molecule has 0 saturated heterocycles. The molecule has 0 spiro atoms. The van der Waals surface area contributed by atoms with Gasteiger partial charge in [0.1, 0.15) is 5.75 Å². The van der Waals surface area contributed by atoms with Gasteiger partial charge in [0.05, 0.1) is 25.7 Å². The van der Waals surface area contributed by atoms with E-state index in [0.717, 1.165) is 5.56 Å². The van der Waals surface area contributed by atoms with E-state index < -0.39 is 18.2 Å². The second-order valence-corrected chi connectivity index (χ2v) is 6.74. The number of hydrogen-bond donors (Lipinski definition) is 3. The summed E-state index contributed by atoms with van der Waals surface area (Å²) in [4.78, 5) is 4.39. The number of methoxy groups -OCH3 is 1. The van der Waals surface area contributed by atoms with Crippen molar-refractivity contribution < 1.29 is 23.0 Å². The Morgan fingerprint density at radius 3 is 2.32 bits per heavy atom. The molecule has 0 radical (unpaired) electrons. The Morgan fingerprint density at radius 2 is 1.82 bits per heavy atom. The number of ether oxygens (including phenoxy) is 1. The summed E-state index contributed by atoms with van der Waals surface area (Å²) in [5.74, 6) is 0.0198. The van der Waals surface area contributed by atoms with E-state index in [9.17, 15) is 18.3 Å². The molecule has 0 aromatic heterocycles. The molecule has 9 heteroatoms. The highest BCUT2D eigenvalue weighted by Crippen LogP contribution is 2.37. The molecule has 160 valence electrons. The van der Waals surface area contributed by atoms with E-state index in [4.69, 9.17) is 4.74 Å². The molecule has 2 rings (SSSR count). The highest BCUT2D eigenvalue weighted by Gasteiger charge is 2.41. The lowest BCUT2D eigenvalue weighted by molar-refractivity contribution is -0.182. The number of hydrogen-bond acceptors (Lipinski definition) is 3. The number of aliphatic imine (C=N–C) groups is 1. The third kappa shape index (κ3) is 7.65. The van der Waals surface area contributed by atoms with Gasteiger partial charge in [-0.15, -0.1) is 24.0 Å². The number of rotatable bonds is 6. The van der Waals surface area contributed by atoms with Crippen LogP contribution >= 0.6 is 24.0 Å². The molecular weight excluding hydrogens is 486 g/mol. The monoisotopic (exact) mass is 515 g/mol. The van der Waals surface area contributed by atoms with Crippen LogP contribution in [-0.4, -0.2) is 43.5 Å². The molecule has 1 saturated carbocycles. The summed E-state index contributed by atoms with van der Waals surface area (Å²) in [5, 5.41) is 16.6. The number of aliphatic hydroxyl groups excluding tert-OH is 1. The summed E-state index contributed by atoms with van der Waals surface area (Å²) in [5.41, 5.74) is 0.723. The predicted octanol–water partition coefficient (Wildman–Crippen LogP) is 4.02. The smallest absolute Gasteiger partial charge is 0.391 e. The maximum atomic E-state index is 12.8. The van der Waals surface area contributed by atoms with E-state index in [1.54, 1.807) is 31.4 Å². The van der Waals surface area contributed by atoms with Gasteiger partial charge in [-0.3, -0.25) is 4.99 Å². The third-order valence-corrected chi connectivity index (χ3v) is 4.80. The van der Waals surface area contributed by atoms with Crippen molar-refractivity contribution in [2.75, 3.05) is 20.2 Å². The van der Waals surface area contributed by atoms with Crippen LogP contribution in [0.3, 0.4) is 0 Å². The highest BCUT2D eigenvalue weighted by molar-refractivity contribution is 14.0. The Bertz CT molecular complexity index is 603. The van der Waals surface area contributed by atoms with Gasteiger partial charge < -0.3 is 20.5 Å². The molecule has 1 aliphatic rings. The van der Waals surface area contributed by atoms with Crippen molar-refractivity contribution in [1.82, 2.24) is 10.6 Å². The largest absolute Gasteiger partial charge is 0.497 e. The number of alkyl halides is 3. The first-order valence-electron chi connectivity index (χ1n) is 9.27. The lowest BCUT2D eigenvalue weighted by Crippen LogP contribution is -2.46. The average molecular weight is 515 g/mol. The zero-order valence-electron chi connectivity index (χ0n) is 16.1. The molecule has 5 nitrogen and oxygen atoms in total. The van der Waals surface area contributed by atoms with Crippen molar-refractivity contribution >= 4 is 29.9 Å². The van der Waals surface area contributed by atoms with Gasteiger partial charge in [-0.1, -0.05) is 12.1 Å². The minimum Gasteiger partial charge on any atom is -0.497 e. The van der Waals surface area contributed by atoms with Crippen LogP contribution in [0.2, 0.25) is 0 Å². The van der Waals surface area contributed by atoms with E-state index >= 15 is 0 Å². The van der Waals surface area contributed by atoms with Crippen molar-refractivity contribution in [3.8, 4) is 5.75 Å². The van der Waals surface area contributed by atoms with Crippen LogP contribution in [0.4, 0.5) is 13.2 Å².